The summed E-state index contributed by atoms with van der Waals surface area (Å²) in [6, 6.07) is 0. The molecule has 0 aliphatic rings. The lowest BCUT2D eigenvalue weighted by molar-refractivity contribution is 0.271. The van der Waals surface area contributed by atoms with Crippen LogP contribution in [0.4, 0.5) is 0 Å². The van der Waals surface area contributed by atoms with Crippen LogP contribution in [0.2, 0.25) is 5.02 Å². The molecule has 0 radical (unpaired) electrons. The van der Waals surface area contributed by atoms with Crippen LogP contribution in [0.3, 0.4) is 0 Å². The number of hydrogen-bond acceptors (Lipinski definition) is 4. The highest BCUT2D eigenvalue weighted by Crippen LogP contribution is 2.28. The van der Waals surface area contributed by atoms with Gasteiger partial charge >= 0.3 is 0 Å². The van der Waals surface area contributed by atoms with Gasteiger partial charge in [0.15, 0.2) is 5.16 Å². The van der Waals surface area contributed by atoms with Crippen LogP contribution >= 0.6 is 23.4 Å². The van der Waals surface area contributed by atoms with Crippen molar-refractivity contribution in [3.8, 4) is 0 Å². The number of nitrogens with zero attached hydrogens (tertiary/aromatic N) is 4. The molecule has 0 amide bonds. The minimum absolute atomic E-state index is 0.00316. The van der Waals surface area contributed by atoms with Gasteiger partial charge in [-0.2, -0.15) is 5.10 Å². The van der Waals surface area contributed by atoms with E-state index in [2.05, 4.69) is 10.1 Å². The second-order valence-electron chi connectivity index (χ2n) is 4.20. The molecule has 0 saturated heterocycles. The van der Waals surface area contributed by atoms with Crippen LogP contribution in [0, 0.1) is 6.92 Å². The summed E-state index contributed by atoms with van der Waals surface area (Å²) in [6.07, 6.45) is 1.69. The van der Waals surface area contributed by atoms with Crippen LogP contribution < -0.4 is 0 Å². The molecule has 2 aromatic heterocycles. The summed E-state index contributed by atoms with van der Waals surface area (Å²) in [4.78, 5) is 4.29. The quantitative estimate of drug-likeness (QED) is 0.862. The van der Waals surface area contributed by atoms with Crippen LogP contribution in [0.1, 0.15) is 24.0 Å². The predicted molar refractivity (Wildman–Crippen MR) is 76.3 cm³/mol. The standard InChI is InChI=1S/C12H17ClN4OS/c1-4-17-10(11(13)8(2)15-17)7-19-12-14-5-9(6-18)16(12)3/h5,18H,4,6-7H2,1-3H3. The molecule has 2 heterocycles. The lowest BCUT2D eigenvalue weighted by atomic mass is 10.4. The molecule has 0 atom stereocenters. The van der Waals surface area contributed by atoms with Crippen molar-refractivity contribution >= 4 is 23.4 Å². The first kappa shape index (κ1) is 14.4. The Kier molecular flexibility index (Phi) is 4.54. The van der Waals surface area contributed by atoms with Crippen LogP contribution in [0.25, 0.3) is 0 Å². The van der Waals surface area contributed by atoms with E-state index in [1.807, 2.05) is 30.1 Å². The third-order valence-electron chi connectivity index (χ3n) is 2.99. The van der Waals surface area contributed by atoms with E-state index in [0.29, 0.717) is 5.75 Å². The average Bonchev–Trinajstić information content (AvgIpc) is 2.89. The molecule has 0 spiro atoms. The van der Waals surface area contributed by atoms with E-state index >= 15 is 0 Å². The molecular weight excluding hydrogens is 284 g/mol. The minimum atomic E-state index is -0.00316. The van der Waals surface area contributed by atoms with E-state index in [0.717, 1.165) is 33.8 Å². The summed E-state index contributed by atoms with van der Waals surface area (Å²) in [5, 5.41) is 15.1. The summed E-state index contributed by atoms with van der Waals surface area (Å²) in [7, 11) is 1.89. The van der Waals surface area contributed by atoms with Gasteiger partial charge in [0.05, 0.1) is 34.9 Å². The maximum Gasteiger partial charge on any atom is 0.168 e. The Morgan fingerprint density at radius 3 is 2.79 bits per heavy atom. The van der Waals surface area contributed by atoms with Gasteiger partial charge in [0.2, 0.25) is 0 Å². The van der Waals surface area contributed by atoms with Gasteiger partial charge in [-0.05, 0) is 13.8 Å². The third kappa shape index (κ3) is 2.80. The van der Waals surface area contributed by atoms with E-state index in [1.54, 1.807) is 18.0 Å². The number of thioether (sulfide) groups is 1. The van der Waals surface area contributed by atoms with Crippen molar-refractivity contribution in [3.05, 3.63) is 28.3 Å². The smallest absolute Gasteiger partial charge is 0.168 e. The summed E-state index contributed by atoms with van der Waals surface area (Å²) in [6.45, 7) is 4.75. The van der Waals surface area contributed by atoms with Crippen molar-refractivity contribution in [1.82, 2.24) is 19.3 Å². The first-order valence-corrected chi connectivity index (χ1v) is 7.40. The molecule has 2 aromatic rings. The van der Waals surface area contributed by atoms with Gasteiger partial charge < -0.3 is 9.67 Å². The number of aliphatic hydroxyl groups excluding tert-OH is 1. The normalized spacial score (nSPS) is 11.2. The predicted octanol–water partition coefficient (Wildman–Crippen LogP) is 2.38. The Hall–Kier alpha value is -0.980. The van der Waals surface area contributed by atoms with Crippen molar-refractivity contribution in [2.45, 2.75) is 37.9 Å². The fourth-order valence-corrected chi connectivity index (χ4v) is 3.13. The molecular formula is C12H17ClN4OS. The molecule has 104 valence electrons. The van der Waals surface area contributed by atoms with Crippen molar-refractivity contribution in [2.75, 3.05) is 0 Å². The van der Waals surface area contributed by atoms with Gasteiger partial charge in [-0.25, -0.2) is 4.98 Å². The molecule has 1 N–H and O–H groups in total. The van der Waals surface area contributed by atoms with Gasteiger partial charge in [0.25, 0.3) is 0 Å². The zero-order chi connectivity index (χ0) is 14.0. The molecule has 0 fully saturated rings. The topological polar surface area (TPSA) is 55.9 Å². The summed E-state index contributed by atoms with van der Waals surface area (Å²) < 4.78 is 3.80. The SMILES string of the molecule is CCn1nc(C)c(Cl)c1CSc1ncc(CO)n1C. The molecule has 0 bridgehead atoms. The number of aliphatic hydroxyl groups is 1. The molecule has 0 aliphatic heterocycles. The second-order valence-corrected chi connectivity index (χ2v) is 5.52. The monoisotopic (exact) mass is 300 g/mol. The zero-order valence-electron chi connectivity index (χ0n) is 11.2. The molecule has 0 unspecified atom stereocenters. The number of rotatable bonds is 5. The number of imidazole rings is 1. The van der Waals surface area contributed by atoms with E-state index in [1.165, 1.54) is 0 Å². The van der Waals surface area contributed by atoms with Crippen molar-refractivity contribution in [1.29, 1.82) is 0 Å². The lowest BCUT2D eigenvalue weighted by Crippen LogP contribution is -2.03. The van der Waals surface area contributed by atoms with Gasteiger partial charge in [-0.1, -0.05) is 23.4 Å². The van der Waals surface area contributed by atoms with Crippen LogP contribution in [-0.4, -0.2) is 24.4 Å². The highest BCUT2D eigenvalue weighted by atomic mass is 35.5. The zero-order valence-corrected chi connectivity index (χ0v) is 12.8. The number of aromatic nitrogens is 4. The summed E-state index contributed by atoms with van der Waals surface area (Å²) in [5.74, 6) is 0.712. The molecule has 0 aliphatic carbocycles. The Morgan fingerprint density at radius 2 is 2.21 bits per heavy atom. The Labute approximate surface area is 121 Å². The Bertz CT molecular complexity index is 579. The van der Waals surface area contributed by atoms with Crippen LogP contribution in [0.15, 0.2) is 11.4 Å². The number of aryl methyl sites for hydroxylation is 2. The Balaban J connectivity index is 2.16. The first-order valence-electron chi connectivity index (χ1n) is 6.04. The van der Waals surface area contributed by atoms with Crippen molar-refractivity contribution in [3.63, 3.8) is 0 Å². The van der Waals surface area contributed by atoms with Crippen molar-refractivity contribution < 1.29 is 5.11 Å². The van der Waals surface area contributed by atoms with E-state index in [9.17, 15) is 0 Å². The van der Waals surface area contributed by atoms with Gasteiger partial charge in [-0.15, -0.1) is 0 Å². The van der Waals surface area contributed by atoms with Gasteiger partial charge in [0.1, 0.15) is 0 Å². The minimum Gasteiger partial charge on any atom is -0.390 e. The molecule has 7 heteroatoms. The molecule has 0 aromatic carbocycles. The summed E-state index contributed by atoms with van der Waals surface area (Å²) >= 11 is 7.86. The van der Waals surface area contributed by atoms with Crippen LogP contribution in [0.5, 0.6) is 0 Å². The third-order valence-corrected chi connectivity index (χ3v) is 4.54. The number of hydrogen-bond donors (Lipinski definition) is 1. The highest BCUT2D eigenvalue weighted by molar-refractivity contribution is 7.98. The number of halogens is 1. The van der Waals surface area contributed by atoms with E-state index < -0.39 is 0 Å². The molecule has 5 nitrogen and oxygen atoms in total. The van der Waals surface area contributed by atoms with E-state index in [-0.39, 0.29) is 6.61 Å². The Morgan fingerprint density at radius 1 is 1.47 bits per heavy atom. The van der Waals surface area contributed by atoms with Crippen molar-refractivity contribution in [2.24, 2.45) is 7.05 Å². The van der Waals surface area contributed by atoms with E-state index in [4.69, 9.17) is 16.7 Å². The van der Waals surface area contributed by atoms with Crippen LogP contribution in [-0.2, 0) is 26.0 Å². The maximum atomic E-state index is 9.14. The molecule has 2 rings (SSSR count). The fraction of sp³-hybridized carbons (Fsp3) is 0.500. The second kappa shape index (κ2) is 5.98. The molecule has 19 heavy (non-hydrogen) atoms. The summed E-state index contributed by atoms with van der Waals surface area (Å²) in [5.41, 5.74) is 2.67. The lowest BCUT2D eigenvalue weighted by Gasteiger charge is -2.06. The largest absolute Gasteiger partial charge is 0.390 e. The molecule has 0 saturated carbocycles. The first-order chi connectivity index (χ1) is 9.08. The highest BCUT2D eigenvalue weighted by Gasteiger charge is 2.14. The average molecular weight is 301 g/mol. The maximum absolute atomic E-state index is 9.14. The fourth-order valence-electron chi connectivity index (χ4n) is 1.85. The van der Waals surface area contributed by atoms with Gasteiger partial charge in [0, 0.05) is 19.3 Å². The van der Waals surface area contributed by atoms with Gasteiger partial charge in [-0.3, -0.25) is 4.68 Å².